The molecular weight excluding hydrogens is 327 g/mol. The van der Waals surface area contributed by atoms with Crippen LogP contribution in [-0.4, -0.2) is 54.8 Å². The molecule has 24 heavy (non-hydrogen) atoms. The Bertz CT molecular complexity index is 700. The van der Waals surface area contributed by atoms with Gasteiger partial charge >= 0.3 is 6.18 Å². The number of ether oxygens (including phenoxy) is 2. The first-order valence-corrected chi connectivity index (χ1v) is 7.17. The maximum atomic E-state index is 12.7. The molecule has 0 spiro atoms. The van der Waals surface area contributed by atoms with E-state index in [0.717, 1.165) is 12.1 Å². The van der Waals surface area contributed by atoms with Crippen LogP contribution in [0.3, 0.4) is 0 Å². The van der Waals surface area contributed by atoms with E-state index in [4.69, 9.17) is 9.47 Å². The number of halogens is 3. The number of alkyl halides is 3. The van der Waals surface area contributed by atoms with Gasteiger partial charge in [-0.25, -0.2) is 4.98 Å². The van der Waals surface area contributed by atoms with Crippen molar-refractivity contribution >= 4 is 16.9 Å². The Morgan fingerprint density at radius 1 is 1.33 bits per heavy atom. The zero-order chi connectivity index (χ0) is 17.7. The van der Waals surface area contributed by atoms with Crippen molar-refractivity contribution in [3.8, 4) is 0 Å². The Morgan fingerprint density at radius 3 is 2.75 bits per heavy atom. The number of likely N-dealkylation sites (N-methyl/N-ethyl adjacent to an activating group) is 1. The second-order valence-corrected chi connectivity index (χ2v) is 5.21. The normalized spacial score (nSPS) is 11.9. The minimum Gasteiger partial charge on any atom is -0.382 e. The molecule has 1 aromatic heterocycles. The molecular formula is C15H18F3N3O3. The third kappa shape index (κ3) is 4.68. The van der Waals surface area contributed by atoms with Gasteiger partial charge in [0, 0.05) is 14.2 Å². The Balaban J connectivity index is 2.00. The van der Waals surface area contributed by atoms with E-state index in [9.17, 15) is 18.0 Å². The molecule has 0 saturated heterocycles. The number of fused-ring (bicyclic) bond motifs is 1. The van der Waals surface area contributed by atoms with Crippen LogP contribution in [0.1, 0.15) is 11.4 Å². The number of hydrogen-bond acceptors (Lipinski definition) is 4. The number of carbonyl (C=O) groups is 1. The highest BCUT2D eigenvalue weighted by Crippen LogP contribution is 2.30. The number of carbonyl (C=O) groups excluding carboxylic acids is 1. The molecule has 9 heteroatoms. The van der Waals surface area contributed by atoms with E-state index in [1.807, 2.05) is 0 Å². The fraction of sp³-hybridized carbons (Fsp3) is 0.467. The lowest BCUT2D eigenvalue weighted by molar-refractivity contribution is -0.137. The van der Waals surface area contributed by atoms with Gasteiger partial charge in [-0.05, 0) is 18.2 Å². The summed E-state index contributed by atoms with van der Waals surface area (Å²) >= 11 is 0. The van der Waals surface area contributed by atoms with E-state index in [1.54, 1.807) is 7.05 Å². The zero-order valence-electron chi connectivity index (χ0n) is 13.3. The van der Waals surface area contributed by atoms with Gasteiger partial charge in [0.1, 0.15) is 12.4 Å². The summed E-state index contributed by atoms with van der Waals surface area (Å²) < 4.78 is 48.0. The van der Waals surface area contributed by atoms with Crippen LogP contribution in [0.25, 0.3) is 11.0 Å². The maximum absolute atomic E-state index is 12.7. The number of nitrogens with zero attached hydrogens (tertiary/aromatic N) is 2. The van der Waals surface area contributed by atoms with Crippen LogP contribution in [0, 0.1) is 0 Å². The van der Waals surface area contributed by atoms with Gasteiger partial charge in [0.05, 0.1) is 36.4 Å². The lowest BCUT2D eigenvalue weighted by Crippen LogP contribution is -2.30. The third-order valence-electron chi connectivity index (χ3n) is 3.33. The predicted molar refractivity (Wildman–Crippen MR) is 80.3 cm³/mol. The van der Waals surface area contributed by atoms with Gasteiger partial charge in [0.2, 0.25) is 5.91 Å². The highest BCUT2D eigenvalue weighted by molar-refractivity contribution is 5.78. The standard InChI is InChI=1S/C15H18F3N3O3/c1-21(14(22)9-24-6-5-23-2)8-13-19-11-4-3-10(15(16,17)18)7-12(11)20-13/h3-4,7H,5-6,8-9H2,1-2H3,(H,19,20). The molecule has 6 nitrogen and oxygen atoms in total. The zero-order valence-corrected chi connectivity index (χ0v) is 13.3. The number of rotatable bonds is 7. The van der Waals surface area contributed by atoms with Crippen LogP contribution in [0.2, 0.25) is 0 Å². The fourth-order valence-electron chi connectivity index (χ4n) is 2.04. The van der Waals surface area contributed by atoms with Crippen LogP contribution in [0.15, 0.2) is 18.2 Å². The van der Waals surface area contributed by atoms with E-state index in [-0.39, 0.29) is 24.6 Å². The molecule has 0 aliphatic heterocycles. The SMILES string of the molecule is COCCOCC(=O)N(C)Cc1nc2ccc(C(F)(F)F)cc2[nH]1. The summed E-state index contributed by atoms with van der Waals surface area (Å²) in [6, 6.07) is 3.28. The lowest BCUT2D eigenvalue weighted by atomic mass is 10.2. The molecule has 0 aliphatic carbocycles. The van der Waals surface area contributed by atoms with Gasteiger partial charge < -0.3 is 19.4 Å². The van der Waals surface area contributed by atoms with E-state index in [1.165, 1.54) is 18.1 Å². The predicted octanol–water partition coefficient (Wildman–Crippen LogP) is 2.20. The molecule has 0 fully saturated rings. The molecule has 1 amide bonds. The molecule has 0 atom stereocenters. The highest BCUT2D eigenvalue weighted by atomic mass is 19.4. The van der Waals surface area contributed by atoms with Crippen molar-refractivity contribution in [1.29, 1.82) is 0 Å². The first kappa shape index (κ1) is 18.2. The number of benzene rings is 1. The van der Waals surface area contributed by atoms with Crippen molar-refractivity contribution in [2.45, 2.75) is 12.7 Å². The van der Waals surface area contributed by atoms with Gasteiger partial charge in [-0.2, -0.15) is 13.2 Å². The molecule has 1 heterocycles. The molecule has 0 aliphatic rings. The minimum absolute atomic E-state index is 0.0989. The summed E-state index contributed by atoms with van der Waals surface area (Å²) in [4.78, 5) is 20.3. The quantitative estimate of drug-likeness (QED) is 0.782. The molecule has 0 unspecified atom stereocenters. The Morgan fingerprint density at radius 2 is 2.08 bits per heavy atom. The smallest absolute Gasteiger partial charge is 0.382 e. The highest BCUT2D eigenvalue weighted by Gasteiger charge is 2.30. The molecule has 1 N–H and O–H groups in total. The topological polar surface area (TPSA) is 67.5 Å². The number of H-pyrrole nitrogens is 1. The van der Waals surface area contributed by atoms with Crippen molar-refractivity contribution in [1.82, 2.24) is 14.9 Å². The van der Waals surface area contributed by atoms with Crippen molar-refractivity contribution in [2.75, 3.05) is 34.0 Å². The summed E-state index contributed by atoms with van der Waals surface area (Å²) in [6.45, 7) is 0.740. The van der Waals surface area contributed by atoms with Crippen LogP contribution in [0.4, 0.5) is 13.2 Å². The van der Waals surface area contributed by atoms with Crippen LogP contribution in [-0.2, 0) is 27.0 Å². The number of nitrogens with one attached hydrogen (secondary N) is 1. The van der Waals surface area contributed by atoms with Crippen molar-refractivity contribution < 1.29 is 27.4 Å². The van der Waals surface area contributed by atoms with Crippen molar-refractivity contribution in [3.63, 3.8) is 0 Å². The van der Waals surface area contributed by atoms with Crippen LogP contribution < -0.4 is 0 Å². The van der Waals surface area contributed by atoms with Crippen molar-refractivity contribution in [2.24, 2.45) is 0 Å². The first-order chi connectivity index (χ1) is 11.3. The van der Waals surface area contributed by atoms with Gasteiger partial charge in [0.25, 0.3) is 0 Å². The van der Waals surface area contributed by atoms with Crippen LogP contribution in [0.5, 0.6) is 0 Å². The first-order valence-electron chi connectivity index (χ1n) is 7.17. The minimum atomic E-state index is -4.41. The molecule has 132 valence electrons. The van der Waals surface area contributed by atoms with Crippen LogP contribution >= 0.6 is 0 Å². The van der Waals surface area contributed by atoms with E-state index < -0.39 is 11.7 Å². The maximum Gasteiger partial charge on any atom is 0.416 e. The van der Waals surface area contributed by atoms with E-state index in [2.05, 4.69) is 9.97 Å². The Kier molecular flexibility index (Phi) is 5.79. The lowest BCUT2D eigenvalue weighted by Gasteiger charge is -2.15. The van der Waals surface area contributed by atoms with Gasteiger partial charge in [-0.15, -0.1) is 0 Å². The third-order valence-corrected chi connectivity index (χ3v) is 3.33. The number of imidazole rings is 1. The van der Waals surface area contributed by atoms with E-state index >= 15 is 0 Å². The average Bonchev–Trinajstić information content (AvgIpc) is 2.91. The molecule has 0 saturated carbocycles. The summed E-state index contributed by atoms with van der Waals surface area (Å²) in [6.07, 6.45) is -4.41. The largest absolute Gasteiger partial charge is 0.416 e. The Hall–Kier alpha value is -2.13. The molecule has 0 bridgehead atoms. The Labute approximate surface area is 136 Å². The van der Waals surface area contributed by atoms with Gasteiger partial charge in [-0.3, -0.25) is 4.79 Å². The number of methoxy groups -OCH3 is 1. The summed E-state index contributed by atoms with van der Waals surface area (Å²) in [5.74, 6) is 0.139. The number of amides is 1. The molecule has 1 aromatic carbocycles. The van der Waals surface area contributed by atoms with Crippen molar-refractivity contribution in [3.05, 3.63) is 29.6 Å². The second-order valence-electron chi connectivity index (χ2n) is 5.21. The average molecular weight is 345 g/mol. The summed E-state index contributed by atoms with van der Waals surface area (Å²) in [5, 5.41) is 0. The number of hydrogen-bond donors (Lipinski definition) is 1. The van der Waals surface area contributed by atoms with Gasteiger partial charge in [-0.1, -0.05) is 0 Å². The number of aromatic nitrogens is 2. The molecule has 0 radical (unpaired) electrons. The molecule has 2 rings (SSSR count). The van der Waals surface area contributed by atoms with Gasteiger partial charge in [0.15, 0.2) is 0 Å². The number of aromatic amines is 1. The molecule has 2 aromatic rings. The summed E-state index contributed by atoms with van der Waals surface area (Å²) in [5.41, 5.74) is -0.0617. The summed E-state index contributed by atoms with van der Waals surface area (Å²) in [7, 11) is 3.10. The monoisotopic (exact) mass is 345 g/mol. The van der Waals surface area contributed by atoms with E-state index in [0.29, 0.717) is 24.6 Å². The fourth-order valence-corrected chi connectivity index (χ4v) is 2.04. The second kappa shape index (κ2) is 7.63.